The van der Waals surface area contributed by atoms with Gasteiger partial charge in [0.05, 0.1) is 12.0 Å². The van der Waals surface area contributed by atoms with Crippen LogP contribution in [0.2, 0.25) is 0 Å². The second-order valence-corrected chi connectivity index (χ2v) is 5.98. The quantitative estimate of drug-likeness (QED) is 0.263. The maximum atomic E-state index is 10.5. The van der Waals surface area contributed by atoms with E-state index < -0.39 is 15.3 Å². The minimum absolute atomic E-state index is 0.121. The van der Waals surface area contributed by atoms with Gasteiger partial charge < -0.3 is 10.6 Å². The zero-order valence-corrected chi connectivity index (χ0v) is 14.9. The van der Waals surface area contributed by atoms with Crippen LogP contribution in [0.15, 0.2) is 24.3 Å². The number of non-ortho nitro benzene ring substituents is 1. The number of rotatable bonds is 9. The van der Waals surface area contributed by atoms with E-state index in [4.69, 9.17) is 4.55 Å². The van der Waals surface area contributed by atoms with E-state index in [0.29, 0.717) is 6.04 Å². The van der Waals surface area contributed by atoms with Gasteiger partial charge in [0.1, 0.15) is 0 Å². The fraction of sp³-hybridized carbons (Fsp3) is 0.571. The number of benzene rings is 1. The van der Waals surface area contributed by atoms with Crippen molar-refractivity contribution in [1.29, 1.82) is 0 Å². The average molecular weight is 363 g/mol. The molecule has 0 aromatic heterocycles. The van der Waals surface area contributed by atoms with Crippen molar-refractivity contribution in [3.05, 3.63) is 34.4 Å². The van der Waals surface area contributed by atoms with Crippen LogP contribution in [0.25, 0.3) is 0 Å². The molecule has 0 unspecified atom stereocenters. The number of nitro benzene ring substituents is 1. The van der Waals surface area contributed by atoms with Crippen molar-refractivity contribution >= 4 is 21.8 Å². The maximum absolute atomic E-state index is 10.5. The zero-order valence-electron chi connectivity index (χ0n) is 14.1. The molecule has 0 aliphatic heterocycles. The Hall–Kier alpha value is -1.75. The van der Waals surface area contributed by atoms with E-state index in [0.717, 1.165) is 38.7 Å². The van der Waals surface area contributed by atoms with Crippen LogP contribution in [-0.4, -0.2) is 44.1 Å². The first-order valence-electron chi connectivity index (χ1n) is 7.48. The van der Waals surface area contributed by atoms with Gasteiger partial charge in [0.2, 0.25) is 0 Å². The minimum atomic E-state index is -4.16. The number of nitrogens with one attached hydrogen (secondary N) is 2. The smallest absolute Gasteiger partial charge is 0.384 e. The molecule has 0 spiro atoms. The van der Waals surface area contributed by atoms with Gasteiger partial charge in [0.15, 0.2) is 0 Å². The van der Waals surface area contributed by atoms with Crippen LogP contribution in [-0.2, 0) is 14.6 Å². The third-order valence-electron chi connectivity index (χ3n) is 3.16. The molecule has 0 amide bonds. The summed E-state index contributed by atoms with van der Waals surface area (Å²) in [6, 6.07) is 7.06. The van der Waals surface area contributed by atoms with Crippen molar-refractivity contribution in [3.8, 4) is 0 Å². The SMILES string of the molecule is CCC(CC)NCCNc1ccc([N+](=O)[O-])cc1.COS(=O)(=O)O. The Morgan fingerprint density at radius 3 is 2.08 bits per heavy atom. The lowest BCUT2D eigenvalue weighted by Crippen LogP contribution is -2.31. The van der Waals surface area contributed by atoms with Crippen LogP contribution >= 0.6 is 0 Å². The Bertz CT molecular complexity index is 573. The number of nitrogens with zero attached hydrogens (tertiary/aromatic N) is 1. The zero-order chi connectivity index (χ0) is 18.6. The van der Waals surface area contributed by atoms with Crippen LogP contribution in [0.1, 0.15) is 26.7 Å². The summed E-state index contributed by atoms with van der Waals surface area (Å²) in [6.45, 7) is 6.05. The molecule has 0 heterocycles. The first-order chi connectivity index (χ1) is 11.2. The van der Waals surface area contributed by atoms with Gasteiger partial charge in [-0.15, -0.1) is 0 Å². The van der Waals surface area contributed by atoms with E-state index in [-0.39, 0.29) is 5.69 Å². The van der Waals surface area contributed by atoms with E-state index in [1.54, 1.807) is 12.1 Å². The van der Waals surface area contributed by atoms with E-state index >= 15 is 0 Å². The first-order valence-corrected chi connectivity index (χ1v) is 8.84. The summed E-state index contributed by atoms with van der Waals surface area (Å²) in [7, 11) is -3.29. The second kappa shape index (κ2) is 11.7. The van der Waals surface area contributed by atoms with Crippen LogP contribution < -0.4 is 10.6 Å². The topological polar surface area (TPSA) is 131 Å². The van der Waals surface area contributed by atoms with Crippen LogP contribution in [0.5, 0.6) is 0 Å². The van der Waals surface area contributed by atoms with Gasteiger partial charge in [0.25, 0.3) is 5.69 Å². The highest BCUT2D eigenvalue weighted by Gasteiger charge is 2.04. The number of anilines is 1. The summed E-state index contributed by atoms with van der Waals surface area (Å²) < 4.78 is 29.7. The van der Waals surface area contributed by atoms with Crippen LogP contribution in [0.4, 0.5) is 11.4 Å². The van der Waals surface area contributed by atoms with E-state index in [9.17, 15) is 18.5 Å². The second-order valence-electron chi connectivity index (χ2n) is 4.79. The van der Waals surface area contributed by atoms with Gasteiger partial charge >= 0.3 is 10.4 Å². The van der Waals surface area contributed by atoms with Crippen molar-refractivity contribution in [2.24, 2.45) is 0 Å². The molecular weight excluding hydrogens is 338 g/mol. The number of hydrogen-bond acceptors (Lipinski definition) is 7. The van der Waals surface area contributed by atoms with Gasteiger partial charge in [0, 0.05) is 37.0 Å². The normalized spacial score (nSPS) is 10.9. The molecule has 1 aromatic carbocycles. The molecule has 0 saturated heterocycles. The molecule has 0 bridgehead atoms. The van der Waals surface area contributed by atoms with Crippen LogP contribution in [0.3, 0.4) is 0 Å². The molecule has 10 heteroatoms. The average Bonchev–Trinajstić information content (AvgIpc) is 2.55. The Morgan fingerprint density at radius 1 is 1.21 bits per heavy atom. The van der Waals surface area contributed by atoms with Gasteiger partial charge in [-0.2, -0.15) is 8.42 Å². The minimum Gasteiger partial charge on any atom is -0.384 e. The molecule has 3 N–H and O–H groups in total. The monoisotopic (exact) mass is 363 g/mol. The molecule has 0 aliphatic rings. The van der Waals surface area contributed by atoms with Crippen molar-refractivity contribution < 1.29 is 22.1 Å². The summed E-state index contributed by atoms with van der Waals surface area (Å²) in [5.41, 5.74) is 1.03. The highest BCUT2D eigenvalue weighted by molar-refractivity contribution is 7.80. The van der Waals surface area contributed by atoms with Gasteiger partial charge in [-0.25, -0.2) is 0 Å². The molecule has 0 aliphatic carbocycles. The molecule has 0 fully saturated rings. The predicted molar refractivity (Wildman–Crippen MR) is 92.5 cm³/mol. The third-order valence-corrected chi connectivity index (χ3v) is 3.58. The van der Waals surface area contributed by atoms with E-state index in [1.165, 1.54) is 12.1 Å². The lowest BCUT2D eigenvalue weighted by Gasteiger charge is -2.15. The summed E-state index contributed by atoms with van der Waals surface area (Å²) in [5.74, 6) is 0. The Labute approximate surface area is 142 Å². The molecule has 9 nitrogen and oxygen atoms in total. The van der Waals surface area contributed by atoms with Gasteiger partial charge in [-0.1, -0.05) is 13.8 Å². The molecule has 0 radical (unpaired) electrons. The summed E-state index contributed by atoms with van der Waals surface area (Å²) in [5, 5.41) is 17.2. The fourth-order valence-electron chi connectivity index (χ4n) is 1.76. The molecular formula is C14H25N3O6S. The first kappa shape index (κ1) is 22.2. The van der Waals surface area contributed by atoms with Crippen molar-refractivity contribution in [2.75, 3.05) is 25.5 Å². The fourth-order valence-corrected chi connectivity index (χ4v) is 1.76. The molecule has 1 rings (SSSR count). The van der Waals surface area contributed by atoms with Gasteiger partial charge in [-0.3, -0.25) is 18.9 Å². The highest BCUT2D eigenvalue weighted by atomic mass is 32.3. The lowest BCUT2D eigenvalue weighted by molar-refractivity contribution is -0.384. The number of nitro groups is 1. The summed E-state index contributed by atoms with van der Waals surface area (Å²) in [6.07, 6.45) is 2.27. The van der Waals surface area contributed by atoms with Crippen molar-refractivity contribution in [3.63, 3.8) is 0 Å². The maximum Gasteiger partial charge on any atom is 0.397 e. The van der Waals surface area contributed by atoms with Gasteiger partial charge in [-0.05, 0) is 25.0 Å². The summed E-state index contributed by atoms with van der Waals surface area (Å²) >= 11 is 0. The van der Waals surface area contributed by atoms with E-state index in [1.807, 2.05) is 0 Å². The Balaban J connectivity index is 0.000000754. The number of hydrogen-bond donors (Lipinski definition) is 3. The Kier molecular flexibility index (Phi) is 10.9. The van der Waals surface area contributed by atoms with Crippen LogP contribution in [0, 0.1) is 10.1 Å². The third kappa shape index (κ3) is 10.9. The van der Waals surface area contributed by atoms with E-state index in [2.05, 4.69) is 28.7 Å². The van der Waals surface area contributed by atoms with Crippen molar-refractivity contribution in [1.82, 2.24) is 5.32 Å². The highest BCUT2D eigenvalue weighted by Crippen LogP contribution is 2.14. The molecule has 1 aromatic rings. The predicted octanol–water partition coefficient (Wildman–Crippen LogP) is 2.22. The Morgan fingerprint density at radius 2 is 1.71 bits per heavy atom. The molecule has 0 saturated carbocycles. The molecule has 0 atom stereocenters. The molecule has 24 heavy (non-hydrogen) atoms. The standard InChI is InChI=1S/C13H21N3O2.CH4O4S/c1-3-11(4-2)14-9-10-15-12-5-7-13(8-6-12)16(17)18;1-5-6(2,3)4/h5-8,11,14-15H,3-4,9-10H2,1-2H3;1H3,(H,2,3,4). The molecule has 138 valence electrons. The lowest BCUT2D eigenvalue weighted by atomic mass is 10.2. The van der Waals surface area contributed by atoms with Crippen molar-refractivity contribution in [2.45, 2.75) is 32.7 Å². The summed E-state index contributed by atoms with van der Waals surface area (Å²) in [4.78, 5) is 10.1. The largest absolute Gasteiger partial charge is 0.397 e.